The summed E-state index contributed by atoms with van der Waals surface area (Å²) in [4.78, 5) is 0. The summed E-state index contributed by atoms with van der Waals surface area (Å²) in [5.41, 5.74) is 0. The Hall–Kier alpha value is -0.0831. The molecule has 0 saturated carbocycles. The van der Waals surface area contributed by atoms with Crippen molar-refractivity contribution in [1.29, 1.82) is 0 Å². The highest BCUT2D eigenvalue weighted by atomic mass is 28.2. The van der Waals surface area contributed by atoms with E-state index in [0.29, 0.717) is 9.76 Å². The van der Waals surface area contributed by atoms with Gasteiger partial charge in [0.15, 0.2) is 0 Å². The smallest absolute Gasteiger partial charge is 0.262 e. The summed E-state index contributed by atoms with van der Waals surface area (Å²) in [5.74, 6) is 0. The maximum atomic E-state index is 4.73. The van der Waals surface area contributed by atoms with Crippen LogP contribution in [0.15, 0.2) is 11.8 Å². The van der Waals surface area contributed by atoms with E-state index in [2.05, 4.69) is 6.58 Å². The summed E-state index contributed by atoms with van der Waals surface area (Å²) in [5, 5.41) is 1.09. The SMILES string of the molecule is C=C(C)[Si]OC. The predicted molar refractivity (Wildman–Crippen MR) is 27.6 cm³/mol. The zero-order valence-corrected chi connectivity index (χ0v) is 5.12. The summed E-state index contributed by atoms with van der Waals surface area (Å²) < 4.78 is 4.73. The lowest BCUT2D eigenvalue weighted by Crippen LogP contribution is -1.92. The van der Waals surface area contributed by atoms with Crippen LogP contribution in [-0.2, 0) is 4.43 Å². The Morgan fingerprint density at radius 2 is 2.33 bits per heavy atom. The third-order valence-electron chi connectivity index (χ3n) is 0.276. The van der Waals surface area contributed by atoms with E-state index in [1.165, 1.54) is 0 Å². The molecule has 2 radical (unpaired) electrons. The molecule has 0 N–H and O–H groups in total. The highest BCUT2D eigenvalue weighted by molar-refractivity contribution is 6.37. The van der Waals surface area contributed by atoms with E-state index < -0.39 is 0 Å². The van der Waals surface area contributed by atoms with Gasteiger partial charge in [-0.1, -0.05) is 5.20 Å². The van der Waals surface area contributed by atoms with Crippen LogP contribution in [0.4, 0.5) is 0 Å². The first-order chi connectivity index (χ1) is 2.77. The molecule has 0 amide bonds. The average molecular weight is 100 g/mol. The molecule has 34 valence electrons. The lowest BCUT2D eigenvalue weighted by molar-refractivity contribution is 0.447. The third-order valence-corrected chi connectivity index (χ3v) is 0.829. The molecule has 1 nitrogen and oxygen atoms in total. The molecule has 0 saturated heterocycles. The van der Waals surface area contributed by atoms with E-state index >= 15 is 0 Å². The Morgan fingerprint density at radius 1 is 1.83 bits per heavy atom. The zero-order chi connectivity index (χ0) is 4.99. The van der Waals surface area contributed by atoms with E-state index in [0.717, 1.165) is 5.20 Å². The Bertz CT molecular complexity index is 51.5. The summed E-state index contributed by atoms with van der Waals surface area (Å²) in [7, 11) is 2.15. The minimum absolute atomic E-state index is 0.477. The van der Waals surface area contributed by atoms with Gasteiger partial charge in [-0.05, 0) is 6.92 Å². The average Bonchev–Trinajstić information content (AvgIpc) is 1.35. The van der Waals surface area contributed by atoms with E-state index in [1.54, 1.807) is 7.11 Å². The Kier molecular flexibility index (Phi) is 3.08. The number of rotatable bonds is 2. The second-order valence-electron chi connectivity index (χ2n) is 1.09. The molecule has 0 aliphatic rings. The lowest BCUT2D eigenvalue weighted by atomic mass is 10.8. The van der Waals surface area contributed by atoms with Crippen LogP contribution in [0.1, 0.15) is 6.92 Å². The molecule has 2 heteroatoms. The molecule has 0 aromatic rings. The zero-order valence-electron chi connectivity index (χ0n) is 4.12. The second kappa shape index (κ2) is 3.12. The fourth-order valence-corrected chi connectivity index (χ4v) is 0.523. The maximum Gasteiger partial charge on any atom is 0.262 e. The van der Waals surface area contributed by atoms with Crippen molar-refractivity contribution in [2.45, 2.75) is 6.92 Å². The van der Waals surface area contributed by atoms with Crippen LogP contribution in [0.25, 0.3) is 0 Å². The molecule has 0 unspecified atom stereocenters. The first-order valence-electron chi connectivity index (χ1n) is 1.72. The largest absolute Gasteiger partial charge is 0.415 e. The maximum absolute atomic E-state index is 4.73. The van der Waals surface area contributed by atoms with E-state index in [-0.39, 0.29) is 0 Å². The van der Waals surface area contributed by atoms with E-state index in [4.69, 9.17) is 4.43 Å². The molecule has 6 heavy (non-hydrogen) atoms. The predicted octanol–water partition coefficient (Wildman–Crippen LogP) is 0.786. The molecule has 0 aliphatic heterocycles. The summed E-state index contributed by atoms with van der Waals surface area (Å²) in [6.07, 6.45) is 0. The van der Waals surface area contributed by atoms with Crippen LogP contribution < -0.4 is 0 Å². The van der Waals surface area contributed by atoms with Gasteiger partial charge in [0.25, 0.3) is 9.76 Å². The van der Waals surface area contributed by atoms with Crippen LogP contribution in [0.2, 0.25) is 0 Å². The monoisotopic (exact) mass is 100 g/mol. The third kappa shape index (κ3) is 3.92. The Balaban J connectivity index is 2.83. The normalized spacial score (nSPS) is 8.33. The van der Waals surface area contributed by atoms with Crippen LogP contribution >= 0.6 is 0 Å². The van der Waals surface area contributed by atoms with Crippen LogP contribution in [0.5, 0.6) is 0 Å². The van der Waals surface area contributed by atoms with Gasteiger partial charge in [-0.3, -0.25) is 0 Å². The van der Waals surface area contributed by atoms with Crippen molar-refractivity contribution in [3.63, 3.8) is 0 Å². The van der Waals surface area contributed by atoms with Gasteiger partial charge in [-0.15, -0.1) is 6.58 Å². The molecule has 0 aromatic heterocycles. The molecule has 0 bridgehead atoms. The molecule has 0 aliphatic carbocycles. The first-order valence-corrected chi connectivity index (χ1v) is 2.62. The summed E-state index contributed by atoms with van der Waals surface area (Å²) in [6.45, 7) is 5.58. The molecular formula is C4H8OSi. The van der Waals surface area contributed by atoms with Crippen LogP contribution in [0, 0.1) is 0 Å². The second-order valence-corrected chi connectivity index (χ2v) is 2.55. The minimum atomic E-state index is 0.477. The molecule has 0 rings (SSSR count). The Morgan fingerprint density at radius 3 is 2.33 bits per heavy atom. The van der Waals surface area contributed by atoms with E-state index in [9.17, 15) is 0 Å². The standard InChI is InChI=1S/C4H8OSi/c1-4(2)6-5-3/h1H2,2-3H3. The molecule has 0 heterocycles. The number of hydrogen-bond acceptors (Lipinski definition) is 1. The Labute approximate surface area is 41.0 Å². The van der Waals surface area contributed by atoms with Gasteiger partial charge in [0, 0.05) is 7.11 Å². The fraction of sp³-hybridized carbons (Fsp3) is 0.500. The van der Waals surface area contributed by atoms with Crippen molar-refractivity contribution < 1.29 is 4.43 Å². The summed E-state index contributed by atoms with van der Waals surface area (Å²) in [6, 6.07) is 0. The number of allylic oxidation sites excluding steroid dienone is 1. The molecule has 0 aromatic carbocycles. The highest BCUT2D eigenvalue weighted by Crippen LogP contribution is 1.78. The van der Waals surface area contributed by atoms with Gasteiger partial charge in [0.1, 0.15) is 0 Å². The van der Waals surface area contributed by atoms with E-state index in [1.807, 2.05) is 6.92 Å². The van der Waals surface area contributed by atoms with Crippen molar-refractivity contribution >= 4 is 9.76 Å². The van der Waals surface area contributed by atoms with Crippen molar-refractivity contribution in [3.05, 3.63) is 11.8 Å². The van der Waals surface area contributed by atoms with Gasteiger partial charge in [-0.2, -0.15) is 0 Å². The highest BCUT2D eigenvalue weighted by Gasteiger charge is 1.81. The van der Waals surface area contributed by atoms with Crippen LogP contribution in [-0.4, -0.2) is 16.9 Å². The van der Waals surface area contributed by atoms with Gasteiger partial charge >= 0.3 is 0 Å². The molecule has 0 spiro atoms. The summed E-state index contributed by atoms with van der Waals surface area (Å²) >= 11 is 0. The number of hydrogen-bond donors (Lipinski definition) is 0. The minimum Gasteiger partial charge on any atom is -0.415 e. The molecular weight excluding hydrogens is 92.1 g/mol. The first kappa shape index (κ1) is 5.92. The molecule has 0 atom stereocenters. The van der Waals surface area contributed by atoms with Gasteiger partial charge in [0.05, 0.1) is 0 Å². The van der Waals surface area contributed by atoms with Crippen molar-refractivity contribution in [1.82, 2.24) is 0 Å². The van der Waals surface area contributed by atoms with Crippen molar-refractivity contribution in [3.8, 4) is 0 Å². The quantitative estimate of drug-likeness (QED) is 0.466. The van der Waals surface area contributed by atoms with Crippen molar-refractivity contribution in [2.24, 2.45) is 0 Å². The van der Waals surface area contributed by atoms with Gasteiger partial charge < -0.3 is 4.43 Å². The van der Waals surface area contributed by atoms with Gasteiger partial charge in [-0.25, -0.2) is 0 Å². The van der Waals surface area contributed by atoms with Crippen LogP contribution in [0.3, 0.4) is 0 Å². The fourth-order valence-electron chi connectivity index (χ4n) is 0.174. The lowest BCUT2D eigenvalue weighted by Gasteiger charge is -1.86. The van der Waals surface area contributed by atoms with Gasteiger partial charge in [0.2, 0.25) is 0 Å². The molecule has 0 fully saturated rings. The topological polar surface area (TPSA) is 9.23 Å². The van der Waals surface area contributed by atoms with Crippen molar-refractivity contribution in [2.75, 3.05) is 7.11 Å².